The van der Waals surface area contributed by atoms with Crippen molar-refractivity contribution in [2.45, 2.75) is 6.92 Å². The second kappa shape index (κ2) is 4.52. The number of methoxy groups -OCH3 is 1. The van der Waals surface area contributed by atoms with Crippen molar-refractivity contribution in [3.05, 3.63) is 23.3 Å². The first-order valence-corrected chi connectivity index (χ1v) is 4.37. The van der Waals surface area contributed by atoms with E-state index in [1.54, 1.807) is 0 Å². The van der Waals surface area contributed by atoms with Gasteiger partial charge in [0.15, 0.2) is 0 Å². The number of aromatic hydroxyl groups is 1. The summed E-state index contributed by atoms with van der Waals surface area (Å²) >= 11 is 0. The third kappa shape index (κ3) is 2.41. The van der Waals surface area contributed by atoms with Crippen LogP contribution in [-0.2, 0) is 4.74 Å². The number of anilines is 1. The fraction of sp³-hybridized carbons (Fsp3) is 0.200. The number of carbonyl (C=O) groups excluding carboxylic acids is 1. The number of benzene rings is 1. The lowest BCUT2D eigenvalue weighted by Crippen LogP contribution is -2.12. The Balaban J connectivity index is 3.14. The van der Waals surface area contributed by atoms with E-state index in [-0.39, 0.29) is 17.0 Å². The van der Waals surface area contributed by atoms with Crippen molar-refractivity contribution < 1.29 is 24.5 Å². The minimum atomic E-state index is -1.27. The summed E-state index contributed by atoms with van der Waals surface area (Å²) in [5.41, 5.74) is 0.331. The summed E-state index contributed by atoms with van der Waals surface area (Å²) in [6, 6.07) is 2.60. The van der Waals surface area contributed by atoms with Gasteiger partial charge in [0.05, 0.1) is 7.11 Å². The second-order valence-electron chi connectivity index (χ2n) is 3.11. The number of carbonyl (C=O) groups is 2. The molecule has 1 aromatic carbocycles. The van der Waals surface area contributed by atoms with Crippen LogP contribution in [0.5, 0.6) is 5.75 Å². The summed E-state index contributed by atoms with van der Waals surface area (Å²) in [6.07, 6.45) is -0.707. The predicted octanol–water partition coefficient (Wildman–Crippen LogP) is 1.58. The average Bonchev–Trinajstić information content (AvgIpc) is 2.22. The van der Waals surface area contributed by atoms with Crippen molar-refractivity contribution in [2.24, 2.45) is 0 Å². The van der Waals surface area contributed by atoms with Gasteiger partial charge in [-0.3, -0.25) is 5.32 Å². The number of aromatic carboxylic acids is 1. The van der Waals surface area contributed by atoms with Crippen LogP contribution in [0.25, 0.3) is 0 Å². The number of carboxylic acids is 1. The molecule has 0 radical (unpaired) electrons. The highest BCUT2D eigenvalue weighted by molar-refractivity contribution is 5.94. The second-order valence-corrected chi connectivity index (χ2v) is 3.11. The first-order chi connectivity index (χ1) is 7.45. The van der Waals surface area contributed by atoms with Gasteiger partial charge in [0.2, 0.25) is 0 Å². The van der Waals surface area contributed by atoms with Gasteiger partial charge in [0.1, 0.15) is 11.3 Å². The predicted molar refractivity (Wildman–Crippen MR) is 55.8 cm³/mol. The molecule has 0 heterocycles. The van der Waals surface area contributed by atoms with Crippen molar-refractivity contribution in [3.63, 3.8) is 0 Å². The largest absolute Gasteiger partial charge is 0.507 e. The van der Waals surface area contributed by atoms with Crippen LogP contribution in [0.2, 0.25) is 0 Å². The lowest BCUT2D eigenvalue weighted by atomic mass is 10.1. The smallest absolute Gasteiger partial charge is 0.411 e. The molecular weight excluding hydrogens is 214 g/mol. The van der Waals surface area contributed by atoms with Crippen molar-refractivity contribution >= 4 is 17.7 Å². The van der Waals surface area contributed by atoms with E-state index in [0.29, 0.717) is 5.56 Å². The van der Waals surface area contributed by atoms with Gasteiger partial charge in [-0.25, -0.2) is 9.59 Å². The van der Waals surface area contributed by atoms with E-state index in [1.165, 1.54) is 20.1 Å². The number of hydrogen-bond acceptors (Lipinski definition) is 4. The van der Waals surface area contributed by atoms with E-state index in [4.69, 9.17) is 5.11 Å². The molecule has 0 aromatic heterocycles. The van der Waals surface area contributed by atoms with Crippen molar-refractivity contribution in [3.8, 4) is 5.75 Å². The molecule has 0 aliphatic carbocycles. The van der Waals surface area contributed by atoms with Crippen LogP contribution in [-0.4, -0.2) is 29.4 Å². The molecule has 6 nitrogen and oxygen atoms in total. The first kappa shape index (κ1) is 11.8. The number of carboxylic acid groups (broad SMARTS) is 1. The van der Waals surface area contributed by atoms with Crippen molar-refractivity contribution in [1.29, 1.82) is 0 Å². The maximum absolute atomic E-state index is 10.9. The maximum Gasteiger partial charge on any atom is 0.411 e. The molecule has 0 bridgehead atoms. The number of nitrogens with one attached hydrogen (secondary N) is 1. The Kier molecular flexibility index (Phi) is 3.34. The SMILES string of the molecule is COC(=O)Nc1cc(C)c(O)c(C(=O)O)c1. The molecule has 0 aliphatic heterocycles. The van der Waals surface area contributed by atoms with Gasteiger partial charge in [-0.15, -0.1) is 0 Å². The first-order valence-electron chi connectivity index (χ1n) is 4.37. The van der Waals surface area contributed by atoms with E-state index in [9.17, 15) is 14.7 Å². The van der Waals surface area contributed by atoms with Crippen LogP contribution in [0.4, 0.5) is 10.5 Å². The number of hydrogen-bond donors (Lipinski definition) is 3. The minimum Gasteiger partial charge on any atom is -0.507 e. The quantitative estimate of drug-likeness (QED) is 0.664. The third-order valence-corrected chi connectivity index (χ3v) is 1.96. The number of rotatable bonds is 2. The van der Waals surface area contributed by atoms with Gasteiger partial charge in [0.25, 0.3) is 0 Å². The van der Waals surface area contributed by atoms with Gasteiger partial charge in [-0.2, -0.15) is 0 Å². The molecule has 1 rings (SSSR count). The molecule has 0 spiro atoms. The van der Waals surface area contributed by atoms with Crippen LogP contribution in [0, 0.1) is 6.92 Å². The standard InChI is InChI=1S/C10H11NO5/c1-5-3-6(11-10(15)16-2)4-7(8(5)12)9(13)14/h3-4,12H,1-2H3,(H,11,15)(H,13,14). The van der Waals surface area contributed by atoms with Gasteiger partial charge in [-0.05, 0) is 24.6 Å². The van der Waals surface area contributed by atoms with E-state index in [2.05, 4.69) is 10.1 Å². The molecule has 1 amide bonds. The fourth-order valence-corrected chi connectivity index (χ4v) is 1.18. The molecule has 0 aliphatic rings. The number of amides is 1. The number of ether oxygens (including phenoxy) is 1. The van der Waals surface area contributed by atoms with Gasteiger partial charge in [0, 0.05) is 5.69 Å². The molecule has 0 fully saturated rings. The molecular formula is C10H11NO5. The zero-order valence-electron chi connectivity index (χ0n) is 8.77. The topological polar surface area (TPSA) is 95.9 Å². The van der Waals surface area contributed by atoms with E-state index >= 15 is 0 Å². The molecule has 86 valence electrons. The highest BCUT2D eigenvalue weighted by atomic mass is 16.5. The third-order valence-electron chi connectivity index (χ3n) is 1.96. The monoisotopic (exact) mass is 225 g/mol. The van der Waals surface area contributed by atoms with E-state index in [0.717, 1.165) is 6.07 Å². The number of aryl methyl sites for hydroxylation is 1. The molecule has 0 unspecified atom stereocenters. The summed E-state index contributed by atoms with van der Waals surface area (Å²) in [6.45, 7) is 1.53. The van der Waals surface area contributed by atoms with Crippen LogP contribution < -0.4 is 5.32 Å². The molecule has 6 heteroatoms. The highest BCUT2D eigenvalue weighted by Gasteiger charge is 2.14. The molecule has 16 heavy (non-hydrogen) atoms. The van der Waals surface area contributed by atoms with Gasteiger partial charge in [-0.1, -0.05) is 0 Å². The molecule has 0 atom stereocenters. The Hall–Kier alpha value is -2.24. The Morgan fingerprint density at radius 2 is 2.00 bits per heavy atom. The molecule has 3 N–H and O–H groups in total. The van der Waals surface area contributed by atoms with Crippen LogP contribution in [0.3, 0.4) is 0 Å². The minimum absolute atomic E-state index is 0.250. The fourth-order valence-electron chi connectivity index (χ4n) is 1.18. The van der Waals surface area contributed by atoms with Gasteiger partial charge < -0.3 is 14.9 Å². The van der Waals surface area contributed by atoms with E-state index in [1.807, 2.05) is 0 Å². The lowest BCUT2D eigenvalue weighted by molar-refractivity contribution is 0.0693. The summed E-state index contributed by atoms with van der Waals surface area (Å²) in [7, 11) is 1.20. The van der Waals surface area contributed by atoms with Crippen LogP contribution >= 0.6 is 0 Å². The normalized spacial score (nSPS) is 9.62. The average molecular weight is 225 g/mol. The van der Waals surface area contributed by atoms with E-state index < -0.39 is 12.1 Å². The van der Waals surface area contributed by atoms with Gasteiger partial charge >= 0.3 is 12.1 Å². The number of phenols is 1. The summed E-state index contributed by atoms with van der Waals surface area (Å²) in [4.78, 5) is 21.7. The Morgan fingerprint density at radius 1 is 1.38 bits per heavy atom. The molecule has 0 saturated carbocycles. The Bertz CT molecular complexity index is 441. The lowest BCUT2D eigenvalue weighted by Gasteiger charge is -2.08. The van der Waals surface area contributed by atoms with Crippen LogP contribution in [0.1, 0.15) is 15.9 Å². The summed E-state index contributed by atoms with van der Waals surface area (Å²) in [5, 5.41) is 20.6. The Morgan fingerprint density at radius 3 is 2.50 bits per heavy atom. The molecule has 0 saturated heterocycles. The maximum atomic E-state index is 10.9. The van der Waals surface area contributed by atoms with Crippen LogP contribution in [0.15, 0.2) is 12.1 Å². The highest BCUT2D eigenvalue weighted by Crippen LogP contribution is 2.26. The van der Waals surface area contributed by atoms with Crippen molar-refractivity contribution in [2.75, 3.05) is 12.4 Å². The zero-order chi connectivity index (χ0) is 12.3. The summed E-state index contributed by atoms with van der Waals surface area (Å²) < 4.78 is 4.36. The van der Waals surface area contributed by atoms with Crippen molar-refractivity contribution in [1.82, 2.24) is 0 Å². The Labute approximate surface area is 91.5 Å². The summed E-state index contributed by atoms with van der Waals surface area (Å²) in [5.74, 6) is -1.59. The molecule has 1 aromatic rings. The zero-order valence-corrected chi connectivity index (χ0v) is 8.77.